The van der Waals surface area contributed by atoms with E-state index in [0.717, 1.165) is 31.2 Å². The SMILES string of the molecule is CCC(CC=CCCC(C)c1ccc(S(=O)(=O)[O-])cc1)c1ccccc1.[Na+]. The summed E-state index contributed by atoms with van der Waals surface area (Å²) in [5.74, 6) is 0.880. The van der Waals surface area contributed by atoms with Crippen LogP contribution < -0.4 is 29.6 Å². The molecule has 0 amide bonds. The predicted molar refractivity (Wildman–Crippen MR) is 105 cm³/mol. The Hall–Kier alpha value is -0.910. The second-order valence-electron chi connectivity index (χ2n) is 6.72. The van der Waals surface area contributed by atoms with E-state index in [0.29, 0.717) is 11.8 Å². The van der Waals surface area contributed by atoms with E-state index in [9.17, 15) is 13.0 Å². The summed E-state index contributed by atoms with van der Waals surface area (Å²) in [6.45, 7) is 4.34. The summed E-state index contributed by atoms with van der Waals surface area (Å²) < 4.78 is 32.9. The van der Waals surface area contributed by atoms with Gasteiger partial charge in [0.25, 0.3) is 0 Å². The zero-order chi connectivity index (χ0) is 19.0. The van der Waals surface area contributed by atoms with Crippen LogP contribution in [0.2, 0.25) is 0 Å². The van der Waals surface area contributed by atoms with Crippen LogP contribution in [0.1, 0.15) is 62.5 Å². The van der Waals surface area contributed by atoms with Gasteiger partial charge in [-0.05, 0) is 60.8 Å². The third-order valence-electron chi connectivity index (χ3n) is 4.86. The normalized spacial score (nSPS) is 13.9. The number of hydrogen-bond donors (Lipinski definition) is 0. The van der Waals surface area contributed by atoms with Crippen LogP contribution in [0.25, 0.3) is 0 Å². The van der Waals surface area contributed by atoms with E-state index in [2.05, 4.69) is 50.3 Å². The van der Waals surface area contributed by atoms with Crippen LogP contribution in [0.5, 0.6) is 0 Å². The molecular weight excluding hydrogens is 367 g/mol. The first kappa shape index (κ1) is 24.1. The molecule has 0 aliphatic heterocycles. The van der Waals surface area contributed by atoms with Gasteiger partial charge in [0.1, 0.15) is 10.1 Å². The summed E-state index contributed by atoms with van der Waals surface area (Å²) in [5, 5.41) is 0. The molecule has 0 radical (unpaired) electrons. The van der Waals surface area contributed by atoms with Crippen molar-refractivity contribution in [2.75, 3.05) is 0 Å². The Bertz CT molecular complexity index is 799. The molecule has 0 saturated heterocycles. The van der Waals surface area contributed by atoms with E-state index in [4.69, 9.17) is 0 Å². The largest absolute Gasteiger partial charge is 1.00 e. The van der Waals surface area contributed by atoms with Gasteiger partial charge in [0.15, 0.2) is 0 Å². The smallest absolute Gasteiger partial charge is 0.744 e. The van der Waals surface area contributed by atoms with Crippen molar-refractivity contribution in [1.29, 1.82) is 0 Å². The van der Waals surface area contributed by atoms with Crippen LogP contribution in [-0.4, -0.2) is 13.0 Å². The van der Waals surface area contributed by atoms with E-state index in [1.54, 1.807) is 12.1 Å². The fourth-order valence-electron chi connectivity index (χ4n) is 3.12. The van der Waals surface area contributed by atoms with Gasteiger partial charge < -0.3 is 4.55 Å². The molecule has 2 aromatic carbocycles. The van der Waals surface area contributed by atoms with Crippen molar-refractivity contribution in [3.63, 3.8) is 0 Å². The molecule has 2 rings (SSSR count). The first-order valence-corrected chi connectivity index (χ1v) is 10.6. The molecule has 0 saturated carbocycles. The maximum Gasteiger partial charge on any atom is 1.00 e. The molecular formula is C22H27NaO3S. The molecule has 2 atom stereocenters. The maximum atomic E-state index is 11.0. The van der Waals surface area contributed by atoms with Crippen LogP contribution in [-0.2, 0) is 10.1 Å². The van der Waals surface area contributed by atoms with Crippen molar-refractivity contribution in [3.05, 3.63) is 77.9 Å². The summed E-state index contributed by atoms with van der Waals surface area (Å²) in [4.78, 5) is -0.167. The predicted octanol–water partition coefficient (Wildman–Crippen LogP) is 2.62. The molecule has 3 nitrogen and oxygen atoms in total. The van der Waals surface area contributed by atoms with Crippen LogP contribution in [0.3, 0.4) is 0 Å². The molecule has 2 aromatic rings. The minimum Gasteiger partial charge on any atom is -0.744 e. The van der Waals surface area contributed by atoms with Crippen molar-refractivity contribution in [1.82, 2.24) is 0 Å². The molecule has 0 aliphatic rings. The Kier molecular flexibility index (Phi) is 10.6. The molecule has 0 aromatic heterocycles. The average Bonchev–Trinajstić information content (AvgIpc) is 2.64. The van der Waals surface area contributed by atoms with Gasteiger partial charge >= 0.3 is 29.6 Å². The number of benzene rings is 2. The van der Waals surface area contributed by atoms with Gasteiger partial charge in [-0.25, -0.2) is 8.42 Å². The molecule has 2 unspecified atom stereocenters. The molecule has 27 heavy (non-hydrogen) atoms. The first-order valence-electron chi connectivity index (χ1n) is 9.17. The quantitative estimate of drug-likeness (QED) is 0.373. The number of allylic oxidation sites excluding steroid dienone is 2. The van der Waals surface area contributed by atoms with Gasteiger partial charge in [-0.3, -0.25) is 0 Å². The van der Waals surface area contributed by atoms with Crippen molar-refractivity contribution in [3.8, 4) is 0 Å². The summed E-state index contributed by atoms with van der Waals surface area (Å²) in [6, 6.07) is 16.9. The molecule has 5 heteroatoms. The van der Waals surface area contributed by atoms with Gasteiger partial charge in [0.05, 0.1) is 4.90 Å². The van der Waals surface area contributed by atoms with Crippen molar-refractivity contribution < 1.29 is 42.5 Å². The van der Waals surface area contributed by atoms with Crippen LogP contribution in [0, 0.1) is 0 Å². The first-order chi connectivity index (χ1) is 12.4. The Morgan fingerprint density at radius 3 is 2.15 bits per heavy atom. The van der Waals surface area contributed by atoms with Crippen LogP contribution >= 0.6 is 0 Å². The standard InChI is InChI=1S/C22H28O3S.Na/c1-3-19(21-12-8-5-9-13-21)11-7-4-6-10-18(2)20-14-16-22(17-15-20)26(23,24)25;/h4-5,7-9,12-19H,3,6,10-11H2,1-2H3,(H,23,24,25);/q;+1/p-1. The van der Waals surface area contributed by atoms with Gasteiger partial charge in [-0.15, -0.1) is 0 Å². The maximum absolute atomic E-state index is 11.0. The van der Waals surface area contributed by atoms with Gasteiger partial charge in [0, 0.05) is 0 Å². The Labute approximate surface area is 185 Å². The van der Waals surface area contributed by atoms with E-state index in [-0.39, 0.29) is 34.5 Å². The van der Waals surface area contributed by atoms with Crippen molar-refractivity contribution in [2.45, 2.75) is 56.3 Å². The molecule has 140 valence electrons. The topological polar surface area (TPSA) is 57.2 Å². The zero-order valence-corrected chi connectivity index (χ0v) is 19.3. The van der Waals surface area contributed by atoms with Gasteiger partial charge in [-0.2, -0.15) is 0 Å². The second-order valence-corrected chi connectivity index (χ2v) is 8.10. The van der Waals surface area contributed by atoms with Crippen LogP contribution in [0.4, 0.5) is 0 Å². The van der Waals surface area contributed by atoms with Crippen molar-refractivity contribution >= 4 is 10.1 Å². The Balaban J connectivity index is 0.00000364. The van der Waals surface area contributed by atoms with Crippen LogP contribution in [0.15, 0.2) is 71.6 Å². The average molecular weight is 395 g/mol. The zero-order valence-electron chi connectivity index (χ0n) is 16.5. The minimum atomic E-state index is -4.36. The minimum absolute atomic E-state index is 0. The molecule has 0 bridgehead atoms. The fourth-order valence-corrected chi connectivity index (χ4v) is 3.59. The molecule has 0 aliphatic carbocycles. The number of hydrogen-bond acceptors (Lipinski definition) is 3. The third-order valence-corrected chi connectivity index (χ3v) is 5.70. The molecule has 0 spiro atoms. The van der Waals surface area contributed by atoms with E-state index in [1.807, 2.05) is 6.07 Å². The van der Waals surface area contributed by atoms with Gasteiger partial charge in [0.2, 0.25) is 0 Å². The van der Waals surface area contributed by atoms with E-state index < -0.39 is 10.1 Å². The Morgan fingerprint density at radius 2 is 1.59 bits per heavy atom. The summed E-state index contributed by atoms with van der Waals surface area (Å²) in [6.07, 6.45) is 8.64. The fraction of sp³-hybridized carbons (Fsp3) is 0.364. The molecule has 0 fully saturated rings. The molecule has 0 N–H and O–H groups in total. The number of rotatable bonds is 9. The summed E-state index contributed by atoms with van der Waals surface area (Å²) in [5.41, 5.74) is 2.45. The monoisotopic (exact) mass is 394 g/mol. The Morgan fingerprint density at radius 1 is 0.963 bits per heavy atom. The summed E-state index contributed by atoms with van der Waals surface area (Å²) >= 11 is 0. The molecule has 0 heterocycles. The third kappa shape index (κ3) is 7.92. The second kappa shape index (κ2) is 11.8. The summed E-state index contributed by atoms with van der Waals surface area (Å²) in [7, 11) is -4.36. The van der Waals surface area contributed by atoms with E-state index >= 15 is 0 Å². The van der Waals surface area contributed by atoms with Gasteiger partial charge in [-0.1, -0.05) is 68.5 Å². The van der Waals surface area contributed by atoms with E-state index in [1.165, 1.54) is 17.7 Å². The van der Waals surface area contributed by atoms with Crippen molar-refractivity contribution in [2.24, 2.45) is 0 Å².